The van der Waals surface area contributed by atoms with Crippen molar-refractivity contribution in [3.63, 3.8) is 0 Å². The van der Waals surface area contributed by atoms with Crippen LogP contribution in [0.2, 0.25) is 0 Å². The highest BCUT2D eigenvalue weighted by atomic mass is 16.5. The molecule has 1 aliphatic heterocycles. The summed E-state index contributed by atoms with van der Waals surface area (Å²) in [6.45, 7) is 3.58. The molecule has 2 heterocycles. The van der Waals surface area contributed by atoms with Crippen molar-refractivity contribution >= 4 is 0 Å². The Morgan fingerprint density at radius 2 is 2.16 bits per heavy atom. The quantitative estimate of drug-likeness (QED) is 0.874. The van der Waals surface area contributed by atoms with Crippen molar-refractivity contribution < 1.29 is 9.63 Å². The Hall–Kier alpha value is -0.940. The molecular formula is C14H23N3O2. The number of nitrogens with one attached hydrogen (secondary N) is 1. The average Bonchev–Trinajstić information content (AvgIpc) is 3.08. The highest BCUT2D eigenvalue weighted by Gasteiger charge is 2.39. The first-order chi connectivity index (χ1) is 9.21. The van der Waals surface area contributed by atoms with Gasteiger partial charge in [-0.15, -0.1) is 0 Å². The Morgan fingerprint density at radius 3 is 2.79 bits per heavy atom. The van der Waals surface area contributed by atoms with Gasteiger partial charge in [0.25, 0.3) is 5.89 Å². The molecule has 2 aliphatic rings. The summed E-state index contributed by atoms with van der Waals surface area (Å²) in [6, 6.07) is 0. The Bertz CT molecular complexity index is 418. The van der Waals surface area contributed by atoms with Crippen molar-refractivity contribution in [2.45, 2.75) is 57.0 Å². The van der Waals surface area contributed by atoms with Crippen LogP contribution in [0, 0.1) is 5.92 Å². The Morgan fingerprint density at radius 1 is 1.37 bits per heavy atom. The number of nitrogens with zero attached hydrogens (tertiary/aromatic N) is 2. The lowest BCUT2D eigenvalue weighted by molar-refractivity contribution is 0.0243. The third kappa shape index (κ3) is 2.54. The third-order valence-electron chi connectivity index (χ3n) is 4.76. The van der Waals surface area contributed by atoms with E-state index in [0.717, 1.165) is 31.1 Å². The SMILES string of the molecule is CCC1CCC(c2noc(C3(O)CCNC3)n2)CC1. The van der Waals surface area contributed by atoms with Gasteiger partial charge in [-0.3, -0.25) is 0 Å². The third-order valence-corrected chi connectivity index (χ3v) is 4.76. The smallest absolute Gasteiger partial charge is 0.259 e. The molecule has 0 spiro atoms. The van der Waals surface area contributed by atoms with Crippen molar-refractivity contribution in [2.24, 2.45) is 5.92 Å². The molecular weight excluding hydrogens is 242 g/mol. The van der Waals surface area contributed by atoms with Crippen LogP contribution < -0.4 is 5.32 Å². The molecule has 2 N–H and O–H groups in total. The van der Waals surface area contributed by atoms with Gasteiger partial charge in [-0.05, 0) is 44.6 Å². The first-order valence-electron chi connectivity index (χ1n) is 7.48. The molecule has 3 rings (SSSR count). The highest BCUT2D eigenvalue weighted by molar-refractivity contribution is 5.06. The highest BCUT2D eigenvalue weighted by Crippen LogP contribution is 2.36. The summed E-state index contributed by atoms with van der Waals surface area (Å²) in [4.78, 5) is 4.47. The summed E-state index contributed by atoms with van der Waals surface area (Å²) in [6.07, 6.45) is 6.74. The maximum Gasteiger partial charge on any atom is 0.259 e. The van der Waals surface area contributed by atoms with Crippen molar-refractivity contribution in [1.29, 1.82) is 0 Å². The number of β-amino-alcohol motifs (C(OH)–C–C–N with tert-alkyl or cyclic N) is 1. The molecule has 1 saturated carbocycles. The minimum atomic E-state index is -0.953. The van der Waals surface area contributed by atoms with Crippen LogP contribution in [0.3, 0.4) is 0 Å². The maximum absolute atomic E-state index is 10.4. The van der Waals surface area contributed by atoms with Crippen molar-refractivity contribution in [2.75, 3.05) is 13.1 Å². The van der Waals surface area contributed by atoms with Crippen LogP contribution in [0.25, 0.3) is 0 Å². The van der Waals surface area contributed by atoms with E-state index in [9.17, 15) is 5.11 Å². The van der Waals surface area contributed by atoms with E-state index in [1.165, 1.54) is 19.3 Å². The molecule has 106 valence electrons. The Balaban J connectivity index is 1.68. The molecule has 0 radical (unpaired) electrons. The molecule has 0 amide bonds. The molecule has 1 aliphatic carbocycles. The van der Waals surface area contributed by atoms with Gasteiger partial charge in [-0.25, -0.2) is 0 Å². The maximum atomic E-state index is 10.4. The van der Waals surface area contributed by atoms with E-state index in [4.69, 9.17) is 4.52 Å². The molecule has 1 aromatic rings. The second kappa shape index (κ2) is 5.21. The number of aromatic nitrogens is 2. The zero-order valence-corrected chi connectivity index (χ0v) is 11.6. The number of hydrogen-bond acceptors (Lipinski definition) is 5. The molecule has 5 nitrogen and oxygen atoms in total. The monoisotopic (exact) mass is 265 g/mol. The number of rotatable bonds is 3. The Kier molecular flexibility index (Phi) is 3.58. The van der Waals surface area contributed by atoms with Gasteiger partial charge in [-0.2, -0.15) is 4.98 Å². The van der Waals surface area contributed by atoms with Crippen LogP contribution in [0.4, 0.5) is 0 Å². The fourth-order valence-electron chi connectivity index (χ4n) is 3.28. The summed E-state index contributed by atoms with van der Waals surface area (Å²) in [5.74, 6) is 2.47. The topological polar surface area (TPSA) is 71.2 Å². The average molecular weight is 265 g/mol. The summed E-state index contributed by atoms with van der Waals surface area (Å²) >= 11 is 0. The largest absolute Gasteiger partial charge is 0.379 e. The molecule has 2 fully saturated rings. The van der Waals surface area contributed by atoms with E-state index in [0.29, 0.717) is 24.8 Å². The van der Waals surface area contributed by atoms with Crippen molar-refractivity contribution in [1.82, 2.24) is 15.5 Å². The fourth-order valence-corrected chi connectivity index (χ4v) is 3.28. The van der Waals surface area contributed by atoms with Crippen LogP contribution in [-0.2, 0) is 5.60 Å². The summed E-state index contributed by atoms with van der Waals surface area (Å²) in [5.41, 5.74) is -0.953. The molecule has 1 saturated heterocycles. The van der Waals surface area contributed by atoms with E-state index < -0.39 is 5.60 Å². The van der Waals surface area contributed by atoms with Gasteiger partial charge < -0.3 is 14.9 Å². The first-order valence-corrected chi connectivity index (χ1v) is 7.48. The second-order valence-electron chi connectivity index (χ2n) is 6.04. The standard InChI is InChI=1S/C14H23N3O2/c1-2-10-3-5-11(6-4-10)12-16-13(19-17-12)14(18)7-8-15-9-14/h10-11,15,18H,2-9H2,1H3. The van der Waals surface area contributed by atoms with Gasteiger partial charge in [0.1, 0.15) is 0 Å². The van der Waals surface area contributed by atoms with E-state index in [-0.39, 0.29) is 0 Å². The summed E-state index contributed by atoms with van der Waals surface area (Å²) in [5, 5.41) is 17.6. The fraction of sp³-hybridized carbons (Fsp3) is 0.857. The lowest BCUT2D eigenvalue weighted by atomic mass is 9.80. The van der Waals surface area contributed by atoms with Gasteiger partial charge >= 0.3 is 0 Å². The molecule has 1 unspecified atom stereocenters. The van der Waals surface area contributed by atoms with Gasteiger partial charge in [0.15, 0.2) is 11.4 Å². The normalized spacial score (nSPS) is 35.7. The first kappa shape index (κ1) is 13.1. The summed E-state index contributed by atoms with van der Waals surface area (Å²) in [7, 11) is 0. The van der Waals surface area contributed by atoms with Gasteiger partial charge in [0.2, 0.25) is 0 Å². The van der Waals surface area contributed by atoms with E-state index >= 15 is 0 Å². The molecule has 1 atom stereocenters. The van der Waals surface area contributed by atoms with Gasteiger partial charge in [0.05, 0.1) is 0 Å². The van der Waals surface area contributed by atoms with Crippen LogP contribution >= 0.6 is 0 Å². The van der Waals surface area contributed by atoms with Gasteiger partial charge in [-0.1, -0.05) is 18.5 Å². The van der Waals surface area contributed by atoms with Crippen LogP contribution in [0.1, 0.15) is 63.1 Å². The molecule has 0 bridgehead atoms. The van der Waals surface area contributed by atoms with Gasteiger partial charge in [0, 0.05) is 12.5 Å². The number of hydrogen-bond donors (Lipinski definition) is 2. The lowest BCUT2D eigenvalue weighted by Gasteiger charge is -2.25. The Labute approximate surface area is 113 Å². The molecule has 0 aromatic carbocycles. The minimum Gasteiger partial charge on any atom is -0.379 e. The molecule has 5 heteroatoms. The van der Waals surface area contributed by atoms with Crippen molar-refractivity contribution in [3.8, 4) is 0 Å². The number of aliphatic hydroxyl groups is 1. The lowest BCUT2D eigenvalue weighted by Crippen LogP contribution is -2.28. The molecule has 1 aromatic heterocycles. The van der Waals surface area contributed by atoms with Crippen LogP contribution in [-0.4, -0.2) is 28.3 Å². The van der Waals surface area contributed by atoms with Crippen LogP contribution in [0.15, 0.2) is 4.52 Å². The minimum absolute atomic E-state index is 0.394. The summed E-state index contributed by atoms with van der Waals surface area (Å²) < 4.78 is 5.31. The van der Waals surface area contributed by atoms with E-state index in [2.05, 4.69) is 22.4 Å². The van der Waals surface area contributed by atoms with Crippen molar-refractivity contribution in [3.05, 3.63) is 11.7 Å². The second-order valence-corrected chi connectivity index (χ2v) is 6.04. The zero-order valence-electron chi connectivity index (χ0n) is 11.6. The van der Waals surface area contributed by atoms with E-state index in [1.807, 2.05) is 0 Å². The predicted octanol–water partition coefficient (Wildman–Crippen LogP) is 1.93. The van der Waals surface area contributed by atoms with E-state index in [1.54, 1.807) is 0 Å². The zero-order chi connectivity index (χ0) is 13.3. The van der Waals surface area contributed by atoms with Crippen LogP contribution in [0.5, 0.6) is 0 Å². The molecule has 19 heavy (non-hydrogen) atoms. The predicted molar refractivity (Wildman–Crippen MR) is 70.7 cm³/mol.